The predicted molar refractivity (Wildman–Crippen MR) is 76.0 cm³/mol. The van der Waals surface area contributed by atoms with Crippen molar-refractivity contribution in [1.82, 2.24) is 5.16 Å². The number of aliphatic hydroxyl groups is 1. The van der Waals surface area contributed by atoms with Crippen molar-refractivity contribution >= 4 is 23.1 Å². The Kier molecular flexibility index (Phi) is 4.45. The van der Waals surface area contributed by atoms with Crippen LogP contribution in [-0.2, 0) is 4.79 Å². The van der Waals surface area contributed by atoms with Crippen LogP contribution in [0.1, 0.15) is 11.5 Å². The number of nitro benzene ring substituents is 1. The fourth-order valence-corrected chi connectivity index (χ4v) is 1.54. The molecule has 0 amide bonds. The van der Waals surface area contributed by atoms with Crippen LogP contribution in [-0.4, -0.2) is 26.3 Å². The molecule has 10 nitrogen and oxygen atoms in total. The van der Waals surface area contributed by atoms with E-state index in [9.17, 15) is 20.0 Å². The normalized spacial score (nSPS) is 12.2. The molecule has 10 heteroatoms. The van der Waals surface area contributed by atoms with Gasteiger partial charge in [-0.1, -0.05) is 5.16 Å². The highest BCUT2D eigenvalue weighted by Crippen LogP contribution is 2.22. The van der Waals surface area contributed by atoms with Crippen molar-refractivity contribution in [2.45, 2.75) is 6.92 Å². The van der Waals surface area contributed by atoms with E-state index in [1.165, 1.54) is 30.3 Å². The van der Waals surface area contributed by atoms with Gasteiger partial charge in [0.05, 0.1) is 10.6 Å². The number of aliphatic carboxylic acids is 1. The van der Waals surface area contributed by atoms with Gasteiger partial charge < -0.3 is 14.7 Å². The van der Waals surface area contributed by atoms with Crippen molar-refractivity contribution in [3.8, 4) is 0 Å². The van der Waals surface area contributed by atoms with Gasteiger partial charge in [-0.3, -0.25) is 10.1 Å². The average Bonchev–Trinajstić information content (AvgIpc) is 2.94. The Bertz CT molecular complexity index is 806. The molecule has 1 aromatic heterocycles. The van der Waals surface area contributed by atoms with Gasteiger partial charge in [-0.15, -0.1) is 5.11 Å². The molecule has 2 N–H and O–H groups in total. The van der Waals surface area contributed by atoms with Crippen molar-refractivity contribution in [3.05, 3.63) is 57.6 Å². The van der Waals surface area contributed by atoms with E-state index in [4.69, 9.17) is 9.63 Å². The highest BCUT2D eigenvalue weighted by molar-refractivity contribution is 5.93. The molecule has 0 saturated carbocycles. The zero-order chi connectivity index (χ0) is 17.0. The van der Waals surface area contributed by atoms with E-state index in [0.29, 0.717) is 5.76 Å². The second kappa shape index (κ2) is 6.47. The molecular weight excluding hydrogens is 308 g/mol. The van der Waals surface area contributed by atoms with E-state index in [2.05, 4.69) is 15.4 Å². The number of carbonyl (C=O) groups is 1. The lowest BCUT2D eigenvalue weighted by atomic mass is 10.2. The molecule has 118 valence electrons. The van der Waals surface area contributed by atoms with Gasteiger partial charge in [0.2, 0.25) is 5.70 Å². The summed E-state index contributed by atoms with van der Waals surface area (Å²) in [5.74, 6) is -1.85. The molecule has 0 radical (unpaired) electrons. The highest BCUT2D eigenvalue weighted by Gasteiger charge is 2.18. The van der Waals surface area contributed by atoms with Crippen molar-refractivity contribution in [3.63, 3.8) is 0 Å². The molecule has 0 aliphatic heterocycles. The third-order valence-corrected chi connectivity index (χ3v) is 2.62. The lowest BCUT2D eigenvalue weighted by molar-refractivity contribution is -0.384. The van der Waals surface area contributed by atoms with Gasteiger partial charge in [0.1, 0.15) is 5.76 Å². The molecule has 0 atom stereocenters. The second-order valence-corrected chi connectivity index (χ2v) is 4.30. The lowest BCUT2D eigenvalue weighted by Crippen LogP contribution is -2.02. The number of hydrogen-bond acceptors (Lipinski definition) is 8. The van der Waals surface area contributed by atoms with Crippen molar-refractivity contribution in [1.29, 1.82) is 0 Å². The Labute approximate surface area is 128 Å². The molecule has 0 spiro atoms. The molecule has 23 heavy (non-hydrogen) atoms. The number of aryl methyl sites for hydroxylation is 1. The van der Waals surface area contributed by atoms with Crippen LogP contribution in [0.3, 0.4) is 0 Å². The number of non-ortho nitro benzene ring substituents is 1. The van der Waals surface area contributed by atoms with Crippen LogP contribution in [0.5, 0.6) is 0 Å². The minimum Gasteiger partial charge on any atom is -0.504 e. The van der Waals surface area contributed by atoms with Gasteiger partial charge in [0, 0.05) is 18.2 Å². The van der Waals surface area contributed by atoms with Crippen molar-refractivity contribution in [2.24, 2.45) is 10.2 Å². The predicted octanol–water partition coefficient (Wildman–Crippen LogP) is 2.99. The minimum atomic E-state index is -1.52. The number of carboxylic acids is 1. The van der Waals surface area contributed by atoms with Gasteiger partial charge >= 0.3 is 5.97 Å². The molecule has 0 unspecified atom stereocenters. The number of aromatic nitrogens is 1. The van der Waals surface area contributed by atoms with Gasteiger partial charge in [0.25, 0.3) is 5.69 Å². The Morgan fingerprint density at radius 1 is 1.30 bits per heavy atom. The van der Waals surface area contributed by atoms with Crippen LogP contribution in [0, 0.1) is 17.0 Å². The highest BCUT2D eigenvalue weighted by atomic mass is 16.6. The maximum absolute atomic E-state index is 11.2. The molecule has 1 heterocycles. The molecular formula is C13H10N4O6. The fourth-order valence-electron chi connectivity index (χ4n) is 1.54. The maximum atomic E-state index is 11.2. The molecule has 0 aliphatic rings. The summed E-state index contributed by atoms with van der Waals surface area (Å²) in [6.45, 7) is 1.57. The quantitative estimate of drug-likeness (QED) is 0.282. The van der Waals surface area contributed by atoms with E-state index in [-0.39, 0.29) is 17.1 Å². The monoisotopic (exact) mass is 318 g/mol. The number of nitro groups is 1. The van der Waals surface area contributed by atoms with Gasteiger partial charge in [-0.25, -0.2) is 4.79 Å². The summed E-state index contributed by atoms with van der Waals surface area (Å²) in [6, 6.07) is 6.30. The van der Waals surface area contributed by atoms with E-state index in [1.54, 1.807) is 6.92 Å². The molecule has 0 bridgehead atoms. The number of azo groups is 1. The Morgan fingerprint density at radius 3 is 2.43 bits per heavy atom. The van der Waals surface area contributed by atoms with Crippen molar-refractivity contribution < 1.29 is 24.5 Å². The Balaban J connectivity index is 2.32. The molecule has 0 aliphatic carbocycles. The second-order valence-electron chi connectivity index (χ2n) is 4.30. The first-order valence-electron chi connectivity index (χ1n) is 6.15. The summed E-state index contributed by atoms with van der Waals surface area (Å²) in [6.07, 6.45) is 0. The van der Waals surface area contributed by atoms with Crippen LogP contribution < -0.4 is 0 Å². The topological polar surface area (TPSA) is 151 Å². The van der Waals surface area contributed by atoms with Crippen LogP contribution in [0.4, 0.5) is 11.4 Å². The fraction of sp³-hybridized carbons (Fsp3) is 0.0769. The summed E-state index contributed by atoms with van der Waals surface area (Å²) in [4.78, 5) is 21.1. The van der Waals surface area contributed by atoms with Crippen LogP contribution in [0.25, 0.3) is 5.76 Å². The van der Waals surface area contributed by atoms with Crippen molar-refractivity contribution in [2.75, 3.05) is 0 Å². The standard InChI is InChI=1S/C13H10N4O6/c1-7-6-10(16-23-7)12(18)11(13(19)20)15-14-8-2-4-9(5-3-8)17(21)22/h2-6,18H,1H3,(H,19,20)/b12-11-,15-14?. The number of benzene rings is 1. The zero-order valence-electron chi connectivity index (χ0n) is 11.7. The molecule has 1 aromatic carbocycles. The van der Waals surface area contributed by atoms with Crippen LogP contribution in [0.2, 0.25) is 0 Å². The average molecular weight is 318 g/mol. The first-order chi connectivity index (χ1) is 10.9. The zero-order valence-corrected chi connectivity index (χ0v) is 11.7. The lowest BCUT2D eigenvalue weighted by Gasteiger charge is -1.98. The summed E-state index contributed by atoms with van der Waals surface area (Å²) in [5.41, 5.74) is -0.795. The number of rotatable bonds is 5. The number of hydrogen-bond donors (Lipinski definition) is 2. The third-order valence-electron chi connectivity index (χ3n) is 2.62. The van der Waals surface area contributed by atoms with Gasteiger partial charge in [-0.05, 0) is 19.1 Å². The summed E-state index contributed by atoms with van der Waals surface area (Å²) >= 11 is 0. The summed E-state index contributed by atoms with van der Waals surface area (Å²) in [7, 11) is 0. The first-order valence-corrected chi connectivity index (χ1v) is 6.15. The van der Waals surface area contributed by atoms with E-state index >= 15 is 0 Å². The molecule has 2 aromatic rings. The van der Waals surface area contributed by atoms with E-state index in [1.807, 2.05) is 0 Å². The number of aliphatic hydroxyl groups excluding tert-OH is 1. The van der Waals surface area contributed by atoms with Crippen LogP contribution >= 0.6 is 0 Å². The smallest absolute Gasteiger partial charge is 0.360 e. The first kappa shape index (κ1) is 15.8. The molecule has 0 saturated heterocycles. The number of carboxylic acid groups (broad SMARTS) is 1. The molecule has 2 rings (SSSR count). The van der Waals surface area contributed by atoms with E-state index in [0.717, 1.165) is 0 Å². The SMILES string of the molecule is Cc1cc(/C(O)=C(/N=Nc2ccc([N+](=O)[O-])cc2)C(=O)O)no1. The Hall–Kier alpha value is -3.56. The Morgan fingerprint density at radius 2 is 1.96 bits per heavy atom. The molecule has 0 fully saturated rings. The summed E-state index contributed by atoms with van der Waals surface area (Å²) < 4.78 is 4.74. The van der Waals surface area contributed by atoms with Crippen LogP contribution in [0.15, 0.2) is 50.8 Å². The van der Waals surface area contributed by atoms with Gasteiger partial charge in [0.15, 0.2) is 11.5 Å². The maximum Gasteiger partial charge on any atom is 0.360 e. The largest absolute Gasteiger partial charge is 0.504 e. The number of nitrogens with zero attached hydrogens (tertiary/aromatic N) is 4. The third kappa shape index (κ3) is 3.75. The minimum absolute atomic E-state index is 0.0949. The van der Waals surface area contributed by atoms with Gasteiger partial charge in [-0.2, -0.15) is 5.11 Å². The van der Waals surface area contributed by atoms with E-state index < -0.39 is 22.3 Å². The summed E-state index contributed by atoms with van der Waals surface area (Å²) in [5, 5.41) is 40.1.